The number of carbonyl (C=O) groups is 3. The Morgan fingerprint density at radius 3 is 2.62 bits per heavy atom. The number of amides is 3. The van der Waals surface area contributed by atoms with Crippen LogP contribution < -0.4 is 10.6 Å². The molecule has 3 fully saturated rings. The zero-order valence-corrected chi connectivity index (χ0v) is 26.1. The summed E-state index contributed by atoms with van der Waals surface area (Å²) >= 11 is 1.16. The van der Waals surface area contributed by atoms with Crippen molar-refractivity contribution in [2.75, 3.05) is 38.1 Å². The largest absolute Gasteiger partial charge is 0.444 e. The Labute approximate surface area is 250 Å². The predicted octanol–water partition coefficient (Wildman–Crippen LogP) is 4.82. The van der Waals surface area contributed by atoms with Crippen molar-refractivity contribution in [3.8, 4) is 0 Å². The summed E-state index contributed by atoms with van der Waals surface area (Å²) in [5, 5.41) is 5.91. The number of hydrogen-bond donors (Lipinski definition) is 2. The number of aromatic nitrogens is 1. The molecule has 3 amide bonds. The van der Waals surface area contributed by atoms with E-state index in [4.69, 9.17) is 9.47 Å². The van der Waals surface area contributed by atoms with E-state index in [-0.39, 0.29) is 29.5 Å². The molecule has 10 nitrogen and oxygen atoms in total. The molecule has 0 spiro atoms. The second kappa shape index (κ2) is 13.5. The number of likely N-dealkylation sites (tertiary alicyclic amines) is 1. The molecule has 2 aliphatic heterocycles. The molecule has 236 valence electrons. The van der Waals surface area contributed by atoms with E-state index in [1.54, 1.807) is 27.0 Å². The normalized spacial score (nSPS) is 26.8. The number of halogens is 2. The number of nitrogens with zero attached hydrogens (tertiary/aromatic N) is 3. The van der Waals surface area contributed by atoms with Gasteiger partial charge in [0.05, 0.1) is 30.2 Å². The number of ether oxygens (including phenoxy) is 2. The second-order valence-electron chi connectivity index (χ2n) is 13.0. The van der Waals surface area contributed by atoms with E-state index in [9.17, 15) is 23.2 Å². The van der Waals surface area contributed by atoms with Crippen LogP contribution in [0, 0.1) is 11.8 Å². The Balaban J connectivity index is 1.52. The number of carbonyl (C=O) groups excluding carboxylic acids is 3. The number of nitrogens with one attached hydrogen (secondary N) is 2. The first-order chi connectivity index (χ1) is 19.7. The SMILES string of the molecule is CC1CCC([C@H](NC(=O)OC(C)(C)C)C(=O)Nc2ncc(C(CN3CCO[C@H](C)C3)N3CC(F)(F)CCC3=O)s2)CC1. The number of alkyl halides is 2. The molecule has 1 saturated carbocycles. The van der Waals surface area contributed by atoms with Crippen LogP contribution in [0.5, 0.6) is 0 Å². The van der Waals surface area contributed by atoms with Gasteiger partial charge in [0.1, 0.15) is 11.6 Å². The monoisotopic (exact) mass is 613 g/mol. The third-order valence-electron chi connectivity index (χ3n) is 8.13. The summed E-state index contributed by atoms with van der Waals surface area (Å²) in [5.74, 6) is -3.19. The van der Waals surface area contributed by atoms with E-state index in [1.165, 1.54) is 4.90 Å². The molecule has 1 unspecified atom stereocenters. The van der Waals surface area contributed by atoms with Crippen molar-refractivity contribution >= 4 is 34.4 Å². The Morgan fingerprint density at radius 2 is 1.95 bits per heavy atom. The molecule has 42 heavy (non-hydrogen) atoms. The predicted molar refractivity (Wildman–Crippen MR) is 156 cm³/mol. The van der Waals surface area contributed by atoms with Gasteiger partial charge < -0.3 is 25.0 Å². The lowest BCUT2D eigenvalue weighted by Gasteiger charge is -2.41. The topological polar surface area (TPSA) is 113 Å². The van der Waals surface area contributed by atoms with Crippen molar-refractivity contribution in [3.05, 3.63) is 11.1 Å². The van der Waals surface area contributed by atoms with Gasteiger partial charge in [-0.3, -0.25) is 14.5 Å². The van der Waals surface area contributed by atoms with E-state index < -0.39 is 48.6 Å². The fraction of sp³-hybridized carbons (Fsp3) is 0.793. The maximum atomic E-state index is 14.5. The molecule has 0 radical (unpaired) electrons. The number of rotatable bonds is 8. The molecule has 0 bridgehead atoms. The van der Waals surface area contributed by atoms with Gasteiger partial charge in [0.15, 0.2) is 5.13 Å². The highest BCUT2D eigenvalue weighted by Gasteiger charge is 2.43. The number of alkyl carbamates (subject to hydrolysis) is 1. The van der Waals surface area contributed by atoms with Gasteiger partial charge in [0.2, 0.25) is 11.8 Å². The van der Waals surface area contributed by atoms with Crippen LogP contribution in [0.3, 0.4) is 0 Å². The molecule has 4 rings (SSSR count). The number of thiazole rings is 1. The first-order valence-electron chi connectivity index (χ1n) is 15.0. The lowest BCUT2D eigenvalue weighted by molar-refractivity contribution is -0.152. The molecule has 13 heteroatoms. The summed E-state index contributed by atoms with van der Waals surface area (Å²) in [5.41, 5.74) is -0.716. The summed E-state index contributed by atoms with van der Waals surface area (Å²) in [6.45, 7) is 10.9. The van der Waals surface area contributed by atoms with E-state index in [1.807, 2.05) is 6.92 Å². The first kappa shape index (κ1) is 32.5. The molecule has 0 aromatic carbocycles. The Morgan fingerprint density at radius 1 is 1.24 bits per heavy atom. The van der Waals surface area contributed by atoms with Gasteiger partial charge in [-0.15, -0.1) is 0 Å². The fourth-order valence-electron chi connectivity index (χ4n) is 5.91. The smallest absolute Gasteiger partial charge is 0.408 e. The van der Waals surface area contributed by atoms with Crippen LogP contribution in [0.15, 0.2) is 6.20 Å². The molecule has 1 aromatic heterocycles. The average Bonchev–Trinajstić information content (AvgIpc) is 3.35. The Kier molecular flexibility index (Phi) is 10.5. The number of morpholine rings is 1. The Hall–Kier alpha value is -2.38. The molecular formula is C29H45F2N5O5S. The van der Waals surface area contributed by atoms with Crippen molar-refractivity contribution < 1.29 is 32.6 Å². The molecular weight excluding hydrogens is 568 g/mol. The molecule has 2 saturated heterocycles. The van der Waals surface area contributed by atoms with Crippen LogP contribution in [-0.2, 0) is 19.1 Å². The molecule has 2 N–H and O–H groups in total. The lowest BCUT2D eigenvalue weighted by atomic mass is 9.79. The van der Waals surface area contributed by atoms with E-state index >= 15 is 0 Å². The van der Waals surface area contributed by atoms with Crippen molar-refractivity contribution in [3.63, 3.8) is 0 Å². The highest BCUT2D eigenvalue weighted by atomic mass is 32.1. The van der Waals surface area contributed by atoms with Gasteiger partial charge in [-0.2, -0.15) is 0 Å². The molecule has 1 aromatic rings. The Bertz CT molecular complexity index is 1100. The summed E-state index contributed by atoms with van der Waals surface area (Å²) in [7, 11) is 0. The maximum absolute atomic E-state index is 14.5. The average molecular weight is 614 g/mol. The van der Waals surface area contributed by atoms with Crippen LogP contribution in [0.4, 0.5) is 18.7 Å². The summed E-state index contributed by atoms with van der Waals surface area (Å²) in [6.07, 6.45) is 3.71. The van der Waals surface area contributed by atoms with Gasteiger partial charge in [-0.1, -0.05) is 31.1 Å². The zero-order valence-electron chi connectivity index (χ0n) is 25.3. The number of anilines is 1. The van der Waals surface area contributed by atoms with Crippen LogP contribution >= 0.6 is 11.3 Å². The zero-order chi connectivity index (χ0) is 30.7. The van der Waals surface area contributed by atoms with Gasteiger partial charge in [0.25, 0.3) is 5.92 Å². The summed E-state index contributed by atoms with van der Waals surface area (Å²) < 4.78 is 40.0. The van der Waals surface area contributed by atoms with Crippen LogP contribution in [0.1, 0.15) is 84.1 Å². The van der Waals surface area contributed by atoms with Gasteiger partial charge >= 0.3 is 6.09 Å². The standard InChI is InChI=1S/C29H45F2N5O5S/c1-18-6-8-20(9-7-18)24(33-27(39)41-28(3,4)5)25(38)34-26-32-14-22(42-26)21(16-35-12-13-40-19(2)15-35)36-17-29(30,31)11-10-23(36)37/h14,18-21,24H,6-13,15-17H2,1-5H3,(H,33,39)(H,32,34,38)/t18?,19-,20?,21?,24+/m1/s1. The number of piperidine rings is 1. The minimum absolute atomic E-state index is 0.00797. The lowest BCUT2D eigenvalue weighted by Crippen LogP contribution is -2.52. The van der Waals surface area contributed by atoms with E-state index in [2.05, 4.69) is 27.4 Å². The fourth-order valence-corrected chi connectivity index (χ4v) is 6.83. The maximum Gasteiger partial charge on any atom is 0.408 e. The van der Waals surface area contributed by atoms with Gasteiger partial charge in [-0.05, 0) is 52.4 Å². The van der Waals surface area contributed by atoms with Crippen molar-refractivity contribution in [1.82, 2.24) is 20.1 Å². The summed E-state index contributed by atoms with van der Waals surface area (Å²) in [6, 6.07) is -1.46. The van der Waals surface area contributed by atoms with Crippen molar-refractivity contribution in [1.29, 1.82) is 0 Å². The van der Waals surface area contributed by atoms with Gasteiger partial charge in [-0.25, -0.2) is 18.6 Å². The third kappa shape index (κ3) is 9.06. The first-order valence-corrected chi connectivity index (χ1v) is 15.8. The van der Waals surface area contributed by atoms with Crippen LogP contribution in [0.2, 0.25) is 0 Å². The molecule has 3 atom stereocenters. The van der Waals surface area contributed by atoms with Crippen molar-refractivity contribution in [2.45, 2.75) is 103 Å². The molecule has 1 aliphatic carbocycles. The second-order valence-corrected chi connectivity index (χ2v) is 14.1. The molecule has 3 aliphatic rings. The van der Waals surface area contributed by atoms with Gasteiger partial charge in [0, 0.05) is 38.7 Å². The van der Waals surface area contributed by atoms with Crippen molar-refractivity contribution in [2.24, 2.45) is 11.8 Å². The minimum atomic E-state index is -2.97. The molecule has 3 heterocycles. The van der Waals surface area contributed by atoms with E-state index in [0.29, 0.717) is 37.0 Å². The quantitative estimate of drug-likeness (QED) is 0.432. The van der Waals surface area contributed by atoms with Crippen LogP contribution in [0.25, 0.3) is 0 Å². The highest BCUT2D eigenvalue weighted by Crippen LogP contribution is 2.37. The van der Waals surface area contributed by atoms with E-state index in [0.717, 1.165) is 37.0 Å². The third-order valence-corrected chi connectivity index (χ3v) is 9.14. The summed E-state index contributed by atoms with van der Waals surface area (Å²) in [4.78, 5) is 47.5. The minimum Gasteiger partial charge on any atom is -0.444 e. The number of hydrogen-bond acceptors (Lipinski definition) is 8. The van der Waals surface area contributed by atoms with Crippen LogP contribution in [-0.4, -0.2) is 89.1 Å². The highest BCUT2D eigenvalue weighted by molar-refractivity contribution is 7.15.